The Balaban J connectivity index is 2.88. The predicted octanol–water partition coefficient (Wildman–Crippen LogP) is 2.18. The first-order chi connectivity index (χ1) is 5.15. The van der Waals surface area contributed by atoms with Gasteiger partial charge < -0.3 is 9.73 Å². The van der Waals surface area contributed by atoms with Crippen LogP contribution in [0.2, 0.25) is 0 Å². The van der Waals surface area contributed by atoms with Gasteiger partial charge in [0, 0.05) is 0 Å². The van der Waals surface area contributed by atoms with Crippen LogP contribution in [0.4, 0.5) is 0 Å². The molecular formula is C9H15NO. The van der Waals surface area contributed by atoms with Crippen molar-refractivity contribution in [1.82, 2.24) is 5.32 Å². The zero-order valence-electron chi connectivity index (χ0n) is 7.56. The van der Waals surface area contributed by atoms with E-state index in [9.17, 15) is 0 Å². The molecule has 0 fully saturated rings. The lowest BCUT2D eigenvalue weighted by molar-refractivity contribution is 0.431. The van der Waals surface area contributed by atoms with E-state index in [1.54, 1.807) is 0 Å². The Hall–Kier alpha value is -0.760. The highest BCUT2D eigenvalue weighted by Gasteiger charge is 2.08. The lowest BCUT2D eigenvalue weighted by atomic mass is 10.2. The van der Waals surface area contributed by atoms with Gasteiger partial charge in [-0.15, -0.1) is 0 Å². The number of rotatable bonds is 2. The van der Waals surface area contributed by atoms with Gasteiger partial charge in [-0.25, -0.2) is 0 Å². The molecule has 0 saturated carbocycles. The second-order valence-corrected chi connectivity index (χ2v) is 2.90. The van der Waals surface area contributed by atoms with Crippen LogP contribution >= 0.6 is 0 Å². The molecule has 0 aliphatic heterocycles. The Bertz CT molecular complexity index is 220. The normalized spacial score (nSPS) is 13.5. The molecule has 1 aromatic heterocycles. The van der Waals surface area contributed by atoms with Crippen LogP contribution in [-0.2, 0) is 0 Å². The molecule has 62 valence electrons. The summed E-state index contributed by atoms with van der Waals surface area (Å²) in [4.78, 5) is 0. The largest absolute Gasteiger partial charge is 0.464 e. The van der Waals surface area contributed by atoms with Crippen LogP contribution in [0.25, 0.3) is 0 Å². The van der Waals surface area contributed by atoms with E-state index in [0.29, 0.717) is 6.04 Å². The molecule has 2 nitrogen and oxygen atoms in total. The smallest absolute Gasteiger partial charge is 0.121 e. The number of furan rings is 1. The third kappa shape index (κ3) is 1.63. The highest BCUT2D eigenvalue weighted by atomic mass is 16.3. The van der Waals surface area contributed by atoms with E-state index < -0.39 is 0 Å². The fraction of sp³-hybridized carbons (Fsp3) is 0.556. The SMILES string of the molecule is CN[C@H](C)c1cc(C)c(C)o1. The van der Waals surface area contributed by atoms with Gasteiger partial charge in [0.25, 0.3) is 0 Å². The third-order valence-electron chi connectivity index (χ3n) is 2.04. The first kappa shape index (κ1) is 8.34. The molecule has 0 saturated heterocycles. The fourth-order valence-electron chi connectivity index (χ4n) is 0.957. The van der Waals surface area contributed by atoms with Gasteiger partial charge in [0.05, 0.1) is 6.04 Å². The zero-order chi connectivity index (χ0) is 8.43. The molecule has 1 heterocycles. The molecule has 0 radical (unpaired) electrons. The summed E-state index contributed by atoms with van der Waals surface area (Å²) in [5.41, 5.74) is 1.22. The molecule has 1 N–H and O–H groups in total. The average Bonchev–Trinajstić information content (AvgIpc) is 2.31. The van der Waals surface area contributed by atoms with Crippen LogP contribution < -0.4 is 5.32 Å². The summed E-state index contributed by atoms with van der Waals surface area (Å²) < 4.78 is 5.50. The van der Waals surface area contributed by atoms with Crippen molar-refractivity contribution in [2.75, 3.05) is 7.05 Å². The maximum Gasteiger partial charge on any atom is 0.121 e. The summed E-state index contributed by atoms with van der Waals surface area (Å²) in [5.74, 6) is 2.03. The summed E-state index contributed by atoms with van der Waals surface area (Å²) in [6, 6.07) is 2.39. The van der Waals surface area contributed by atoms with Gasteiger partial charge in [-0.3, -0.25) is 0 Å². The number of hydrogen-bond donors (Lipinski definition) is 1. The summed E-state index contributed by atoms with van der Waals surface area (Å²) in [6.07, 6.45) is 0. The predicted molar refractivity (Wildman–Crippen MR) is 45.7 cm³/mol. The Morgan fingerprint density at radius 1 is 1.45 bits per heavy atom. The molecule has 1 rings (SSSR count). The second-order valence-electron chi connectivity index (χ2n) is 2.90. The molecule has 1 atom stereocenters. The second kappa shape index (κ2) is 3.09. The van der Waals surface area contributed by atoms with Crippen LogP contribution in [0.15, 0.2) is 10.5 Å². The van der Waals surface area contributed by atoms with Crippen LogP contribution in [-0.4, -0.2) is 7.05 Å². The van der Waals surface area contributed by atoms with Gasteiger partial charge in [-0.2, -0.15) is 0 Å². The summed E-state index contributed by atoms with van der Waals surface area (Å²) in [5, 5.41) is 3.13. The highest BCUT2D eigenvalue weighted by molar-refractivity contribution is 5.20. The van der Waals surface area contributed by atoms with Crippen molar-refractivity contribution in [1.29, 1.82) is 0 Å². The fourth-order valence-corrected chi connectivity index (χ4v) is 0.957. The van der Waals surface area contributed by atoms with Gasteiger partial charge >= 0.3 is 0 Å². The molecule has 11 heavy (non-hydrogen) atoms. The Labute approximate surface area is 67.6 Å². The van der Waals surface area contributed by atoms with E-state index >= 15 is 0 Å². The standard InChI is InChI=1S/C9H15NO/c1-6-5-9(7(2)10-4)11-8(6)3/h5,7,10H,1-4H3/t7-/m1/s1. The minimum absolute atomic E-state index is 0.308. The van der Waals surface area contributed by atoms with Gasteiger partial charge in [0.1, 0.15) is 11.5 Å². The number of hydrogen-bond acceptors (Lipinski definition) is 2. The van der Waals surface area contributed by atoms with Crippen LogP contribution in [0.3, 0.4) is 0 Å². The van der Waals surface area contributed by atoms with Gasteiger partial charge in [-0.05, 0) is 39.4 Å². The first-order valence-corrected chi connectivity index (χ1v) is 3.89. The lowest BCUT2D eigenvalue weighted by Crippen LogP contribution is -2.11. The Morgan fingerprint density at radius 3 is 2.45 bits per heavy atom. The van der Waals surface area contributed by atoms with Crippen molar-refractivity contribution < 1.29 is 4.42 Å². The highest BCUT2D eigenvalue weighted by Crippen LogP contribution is 2.18. The van der Waals surface area contributed by atoms with E-state index in [1.807, 2.05) is 14.0 Å². The van der Waals surface area contributed by atoms with E-state index in [-0.39, 0.29) is 0 Å². The van der Waals surface area contributed by atoms with E-state index in [1.165, 1.54) is 5.56 Å². The van der Waals surface area contributed by atoms with E-state index in [4.69, 9.17) is 4.42 Å². The maximum absolute atomic E-state index is 5.50. The zero-order valence-corrected chi connectivity index (χ0v) is 7.56. The van der Waals surface area contributed by atoms with Gasteiger partial charge in [-0.1, -0.05) is 0 Å². The first-order valence-electron chi connectivity index (χ1n) is 3.89. The van der Waals surface area contributed by atoms with E-state index in [0.717, 1.165) is 11.5 Å². The van der Waals surface area contributed by atoms with Crippen molar-refractivity contribution in [3.05, 3.63) is 23.2 Å². The summed E-state index contributed by atoms with van der Waals surface area (Å²) in [6.45, 7) is 6.13. The van der Waals surface area contributed by atoms with Crippen LogP contribution in [0.5, 0.6) is 0 Å². The molecule has 0 unspecified atom stereocenters. The molecule has 0 aliphatic carbocycles. The van der Waals surface area contributed by atoms with Gasteiger partial charge in [0.2, 0.25) is 0 Å². The molecule has 1 aromatic rings. The van der Waals surface area contributed by atoms with Crippen LogP contribution in [0.1, 0.15) is 30.0 Å². The quantitative estimate of drug-likeness (QED) is 0.704. The molecule has 0 amide bonds. The minimum atomic E-state index is 0.308. The molecule has 0 aromatic carbocycles. The number of aryl methyl sites for hydroxylation is 2. The maximum atomic E-state index is 5.50. The minimum Gasteiger partial charge on any atom is -0.464 e. The number of nitrogens with one attached hydrogen (secondary N) is 1. The summed E-state index contributed by atoms with van der Waals surface area (Å²) in [7, 11) is 1.93. The molecule has 2 heteroatoms. The van der Waals surface area contributed by atoms with Crippen molar-refractivity contribution in [3.8, 4) is 0 Å². The average molecular weight is 153 g/mol. The third-order valence-corrected chi connectivity index (χ3v) is 2.04. The van der Waals surface area contributed by atoms with Crippen molar-refractivity contribution in [3.63, 3.8) is 0 Å². The lowest BCUT2D eigenvalue weighted by Gasteiger charge is -2.04. The van der Waals surface area contributed by atoms with Crippen molar-refractivity contribution in [2.24, 2.45) is 0 Å². The van der Waals surface area contributed by atoms with E-state index in [2.05, 4.69) is 25.2 Å². The topological polar surface area (TPSA) is 25.2 Å². The Kier molecular flexibility index (Phi) is 2.35. The summed E-state index contributed by atoms with van der Waals surface area (Å²) >= 11 is 0. The van der Waals surface area contributed by atoms with Crippen LogP contribution in [0, 0.1) is 13.8 Å². The van der Waals surface area contributed by atoms with Crippen molar-refractivity contribution in [2.45, 2.75) is 26.8 Å². The molecular weight excluding hydrogens is 138 g/mol. The molecule has 0 spiro atoms. The monoisotopic (exact) mass is 153 g/mol. The Morgan fingerprint density at radius 2 is 2.09 bits per heavy atom. The van der Waals surface area contributed by atoms with Gasteiger partial charge in [0.15, 0.2) is 0 Å². The van der Waals surface area contributed by atoms with Crippen molar-refractivity contribution >= 4 is 0 Å². The molecule has 0 aliphatic rings. The molecule has 0 bridgehead atoms.